The van der Waals surface area contributed by atoms with Gasteiger partial charge in [0.2, 0.25) is 0 Å². The monoisotopic (exact) mass is 638 g/mol. The van der Waals surface area contributed by atoms with Crippen molar-refractivity contribution in [1.82, 2.24) is 29.3 Å². The third kappa shape index (κ3) is 6.64. The van der Waals surface area contributed by atoms with Crippen LogP contribution in [0.2, 0.25) is 0 Å². The van der Waals surface area contributed by atoms with Gasteiger partial charge in [0.05, 0.1) is 41.4 Å². The Labute approximate surface area is 274 Å². The van der Waals surface area contributed by atoms with Crippen molar-refractivity contribution in [1.29, 1.82) is 0 Å². The van der Waals surface area contributed by atoms with E-state index in [1.54, 1.807) is 29.7 Å². The number of aromatic amines is 1. The number of hydrogen-bond donors (Lipinski definition) is 1. The van der Waals surface area contributed by atoms with E-state index in [1.807, 2.05) is 41.9 Å². The fourth-order valence-corrected chi connectivity index (χ4v) is 7.20. The molecule has 240 valence electrons. The van der Waals surface area contributed by atoms with Crippen molar-refractivity contribution in [2.45, 2.75) is 45.1 Å². The van der Waals surface area contributed by atoms with Crippen molar-refractivity contribution in [2.75, 3.05) is 40.4 Å². The topological polar surface area (TPSA) is 96.3 Å². The lowest BCUT2D eigenvalue weighted by atomic mass is 9.89. The molecule has 9 nitrogen and oxygen atoms in total. The summed E-state index contributed by atoms with van der Waals surface area (Å²) in [7, 11) is 3.47. The van der Waals surface area contributed by atoms with Gasteiger partial charge in [-0.2, -0.15) is 0 Å². The summed E-state index contributed by atoms with van der Waals surface area (Å²) in [5.74, 6) is 0.688. The number of hydrogen-bond acceptors (Lipinski definition) is 6. The molecule has 1 fully saturated rings. The van der Waals surface area contributed by atoms with Gasteiger partial charge in [0.15, 0.2) is 0 Å². The highest BCUT2D eigenvalue weighted by atomic mass is 32.1. The van der Waals surface area contributed by atoms with Crippen LogP contribution in [0.1, 0.15) is 76.6 Å². The second kappa shape index (κ2) is 14.0. The molecular weight excluding hydrogens is 597 g/mol. The van der Waals surface area contributed by atoms with E-state index >= 15 is 0 Å². The van der Waals surface area contributed by atoms with Gasteiger partial charge in [-0.05, 0) is 41.5 Å². The number of carbonyl (C=O) groups excluding carboxylic acids is 2. The molecule has 5 aromatic rings. The van der Waals surface area contributed by atoms with Crippen LogP contribution >= 0.6 is 11.3 Å². The number of nitrogens with one attached hydrogen (secondary N) is 1. The number of H-pyrrole nitrogens is 1. The van der Waals surface area contributed by atoms with Crippen LogP contribution in [0.3, 0.4) is 0 Å². The van der Waals surface area contributed by atoms with E-state index in [4.69, 9.17) is 4.74 Å². The third-order valence-electron chi connectivity index (χ3n) is 9.07. The number of nitrogens with zero attached hydrogens (tertiary/aromatic N) is 5. The Morgan fingerprint density at radius 2 is 1.87 bits per heavy atom. The number of piperidine rings is 1. The summed E-state index contributed by atoms with van der Waals surface area (Å²) in [4.78, 5) is 43.1. The molecule has 1 N–H and O–H groups in total. The zero-order valence-corrected chi connectivity index (χ0v) is 27.8. The number of benzene rings is 2. The van der Waals surface area contributed by atoms with Crippen LogP contribution in [0.15, 0.2) is 72.8 Å². The number of methoxy groups -OCH3 is 1. The minimum absolute atomic E-state index is 0.0256. The Morgan fingerprint density at radius 1 is 1.09 bits per heavy atom. The van der Waals surface area contributed by atoms with Gasteiger partial charge in [-0.3, -0.25) is 9.59 Å². The van der Waals surface area contributed by atoms with E-state index in [0.29, 0.717) is 49.3 Å². The van der Waals surface area contributed by atoms with Gasteiger partial charge in [-0.1, -0.05) is 56.3 Å². The fourth-order valence-electron chi connectivity index (χ4n) is 6.39. The van der Waals surface area contributed by atoms with Crippen LogP contribution < -0.4 is 0 Å². The van der Waals surface area contributed by atoms with E-state index in [0.717, 1.165) is 51.9 Å². The van der Waals surface area contributed by atoms with Gasteiger partial charge in [0, 0.05) is 63.0 Å². The number of imidazole rings is 1. The molecule has 1 unspecified atom stereocenters. The normalized spacial score (nSPS) is 14.7. The number of aromatic nitrogens is 4. The highest BCUT2D eigenvalue weighted by molar-refractivity contribution is 7.09. The number of thiazole rings is 1. The summed E-state index contributed by atoms with van der Waals surface area (Å²) in [5, 5.41) is 5.12. The SMILES string of the molecule is COCCN(C)C(=O)c1cn(C(CC2CCN(C(=O)c3csc(C(C)C)n3)CC2)c2cnc[nH]2)cc1-c1cccc2ccccc12. The molecule has 1 aliphatic rings. The summed E-state index contributed by atoms with van der Waals surface area (Å²) >= 11 is 1.56. The average molecular weight is 639 g/mol. The number of amides is 2. The van der Waals surface area contributed by atoms with Crippen molar-refractivity contribution in [2.24, 2.45) is 5.92 Å². The zero-order chi connectivity index (χ0) is 32.2. The van der Waals surface area contributed by atoms with Crippen molar-refractivity contribution < 1.29 is 14.3 Å². The zero-order valence-electron chi connectivity index (χ0n) is 27.0. The average Bonchev–Trinajstić information content (AvgIpc) is 3.87. The maximum absolute atomic E-state index is 13.9. The van der Waals surface area contributed by atoms with Crippen molar-refractivity contribution in [3.05, 3.63) is 94.7 Å². The minimum atomic E-state index is -0.0542. The molecule has 4 heterocycles. The minimum Gasteiger partial charge on any atom is -0.383 e. The maximum atomic E-state index is 13.9. The fraction of sp³-hybridized carbons (Fsp3) is 0.389. The van der Waals surface area contributed by atoms with Gasteiger partial charge in [0.25, 0.3) is 11.8 Å². The Hall–Kier alpha value is -4.28. The summed E-state index contributed by atoms with van der Waals surface area (Å²) < 4.78 is 7.45. The van der Waals surface area contributed by atoms with E-state index in [1.165, 1.54) is 0 Å². The molecule has 0 spiro atoms. The molecule has 0 saturated carbocycles. The molecule has 2 aromatic carbocycles. The number of rotatable bonds is 11. The van der Waals surface area contributed by atoms with Crippen LogP contribution in [0.5, 0.6) is 0 Å². The third-order valence-corrected chi connectivity index (χ3v) is 10.2. The van der Waals surface area contributed by atoms with Gasteiger partial charge in [0.1, 0.15) is 5.69 Å². The summed E-state index contributed by atoms with van der Waals surface area (Å²) in [6.45, 7) is 6.57. The summed E-state index contributed by atoms with van der Waals surface area (Å²) in [5.41, 5.74) is 4.14. The first-order valence-corrected chi connectivity index (χ1v) is 16.9. The van der Waals surface area contributed by atoms with E-state index < -0.39 is 0 Å². The quantitative estimate of drug-likeness (QED) is 0.171. The molecule has 46 heavy (non-hydrogen) atoms. The number of likely N-dealkylation sites (N-methyl/N-ethyl adjacent to an activating group) is 1. The molecule has 6 rings (SSSR count). The number of carbonyl (C=O) groups is 2. The largest absolute Gasteiger partial charge is 0.383 e. The predicted molar refractivity (Wildman–Crippen MR) is 182 cm³/mol. The second-order valence-electron chi connectivity index (χ2n) is 12.5. The second-order valence-corrected chi connectivity index (χ2v) is 13.4. The molecular formula is C36H42N6O3S. The van der Waals surface area contributed by atoms with E-state index in [9.17, 15) is 9.59 Å². The Kier molecular flexibility index (Phi) is 9.65. The lowest BCUT2D eigenvalue weighted by Gasteiger charge is -2.33. The smallest absolute Gasteiger partial charge is 0.273 e. The van der Waals surface area contributed by atoms with E-state index in [-0.39, 0.29) is 17.9 Å². The van der Waals surface area contributed by atoms with Crippen LogP contribution in [-0.2, 0) is 4.74 Å². The van der Waals surface area contributed by atoms with Gasteiger partial charge in [-0.15, -0.1) is 11.3 Å². The first kappa shape index (κ1) is 31.7. The van der Waals surface area contributed by atoms with Gasteiger partial charge >= 0.3 is 0 Å². The van der Waals surface area contributed by atoms with Gasteiger partial charge in [-0.25, -0.2) is 9.97 Å². The van der Waals surface area contributed by atoms with Crippen molar-refractivity contribution >= 4 is 33.9 Å². The maximum Gasteiger partial charge on any atom is 0.273 e. The first-order valence-electron chi connectivity index (χ1n) is 16.0. The molecule has 10 heteroatoms. The van der Waals surface area contributed by atoms with Crippen LogP contribution in [0, 0.1) is 5.92 Å². The molecule has 1 aliphatic heterocycles. The molecule has 0 bridgehead atoms. The standard InChI is InChI=1S/C36H42N6O3S/c1-24(2)34-39-32(22-46-34)36(44)41-14-12-25(13-15-41)18-33(31-19-37-23-38-31)42-20-29(30(21-42)35(43)40(3)16-17-45-4)28-11-7-9-26-8-5-6-10-27(26)28/h5-11,19-25,33H,12-18H2,1-4H3,(H,37,38). The number of fused-ring (bicyclic) bond motifs is 1. The summed E-state index contributed by atoms with van der Waals surface area (Å²) in [6.07, 6.45) is 10.4. The van der Waals surface area contributed by atoms with Crippen molar-refractivity contribution in [3.8, 4) is 11.1 Å². The summed E-state index contributed by atoms with van der Waals surface area (Å²) in [6, 6.07) is 14.5. The molecule has 1 atom stereocenters. The van der Waals surface area contributed by atoms with Crippen LogP contribution in [0.4, 0.5) is 0 Å². The molecule has 3 aromatic heterocycles. The Balaban J connectivity index is 1.29. The first-order chi connectivity index (χ1) is 22.3. The number of ether oxygens (including phenoxy) is 1. The lowest BCUT2D eigenvalue weighted by Crippen LogP contribution is -2.39. The molecule has 2 amide bonds. The predicted octanol–water partition coefficient (Wildman–Crippen LogP) is 6.86. The highest BCUT2D eigenvalue weighted by Gasteiger charge is 2.30. The molecule has 0 aliphatic carbocycles. The van der Waals surface area contributed by atoms with Gasteiger partial charge < -0.3 is 24.1 Å². The Morgan fingerprint density at radius 3 is 2.59 bits per heavy atom. The highest BCUT2D eigenvalue weighted by Crippen LogP contribution is 2.37. The van der Waals surface area contributed by atoms with Crippen LogP contribution in [-0.4, -0.2) is 81.5 Å². The molecule has 0 radical (unpaired) electrons. The van der Waals surface area contributed by atoms with E-state index in [2.05, 4.69) is 69.9 Å². The number of likely N-dealkylation sites (tertiary alicyclic amines) is 1. The molecule has 1 saturated heterocycles. The Bertz CT molecular complexity index is 1780. The van der Waals surface area contributed by atoms with Crippen molar-refractivity contribution in [3.63, 3.8) is 0 Å². The lowest BCUT2D eigenvalue weighted by molar-refractivity contribution is 0.0676. The van der Waals surface area contributed by atoms with Crippen LogP contribution in [0.25, 0.3) is 21.9 Å².